The maximum Gasteiger partial charge on any atom is 0.339 e. The zero-order valence-corrected chi connectivity index (χ0v) is 12.0. The van der Waals surface area contributed by atoms with Gasteiger partial charge in [0.05, 0.1) is 19.8 Å². The number of phenolic OH excluding ortho intramolecular Hbond substituents is 1. The second-order valence-corrected chi connectivity index (χ2v) is 4.53. The Bertz CT molecular complexity index is 857. The van der Waals surface area contributed by atoms with Crippen LogP contribution in [0.2, 0.25) is 0 Å². The molecule has 3 aromatic rings. The van der Waals surface area contributed by atoms with Crippen LogP contribution < -0.4 is 4.74 Å². The van der Waals surface area contributed by atoms with Gasteiger partial charge in [0.1, 0.15) is 0 Å². The Kier molecular flexibility index (Phi) is 3.38. The van der Waals surface area contributed by atoms with Crippen molar-refractivity contribution in [1.82, 2.24) is 14.6 Å². The highest BCUT2D eigenvalue weighted by molar-refractivity contribution is 5.89. The van der Waals surface area contributed by atoms with Crippen LogP contribution in [0, 0.1) is 0 Å². The summed E-state index contributed by atoms with van der Waals surface area (Å²) in [6.45, 7) is 0. The average molecular weight is 299 g/mol. The summed E-state index contributed by atoms with van der Waals surface area (Å²) in [5.74, 6) is 0.403. The van der Waals surface area contributed by atoms with Gasteiger partial charge in [0, 0.05) is 11.8 Å². The third-order valence-electron chi connectivity index (χ3n) is 3.19. The molecule has 2 heterocycles. The maximum absolute atomic E-state index is 11.5. The molecule has 0 aliphatic rings. The quantitative estimate of drug-likeness (QED) is 0.743. The van der Waals surface area contributed by atoms with E-state index in [-0.39, 0.29) is 5.75 Å². The molecule has 0 aliphatic carbocycles. The van der Waals surface area contributed by atoms with E-state index in [4.69, 9.17) is 4.74 Å². The maximum atomic E-state index is 11.5. The molecule has 2 aromatic heterocycles. The fourth-order valence-electron chi connectivity index (χ4n) is 2.06. The van der Waals surface area contributed by atoms with Crippen LogP contribution in [0.25, 0.3) is 17.0 Å². The van der Waals surface area contributed by atoms with Gasteiger partial charge in [-0.3, -0.25) is 0 Å². The summed E-state index contributed by atoms with van der Waals surface area (Å²) in [6.07, 6.45) is 1.55. The standard InChI is InChI=1S/C15H13N3O4/c1-21-12-7-9(3-5-11(12)19)14-16-13-6-4-10(15(20)22-2)8-18(13)17-14/h3-8,19H,1-2H3. The summed E-state index contributed by atoms with van der Waals surface area (Å²) in [4.78, 5) is 15.9. The monoisotopic (exact) mass is 299 g/mol. The Morgan fingerprint density at radius 3 is 2.77 bits per heavy atom. The van der Waals surface area contributed by atoms with Crippen LogP contribution in [0.15, 0.2) is 36.5 Å². The van der Waals surface area contributed by atoms with Crippen molar-refractivity contribution >= 4 is 11.6 Å². The number of carbonyl (C=O) groups is 1. The summed E-state index contributed by atoms with van der Waals surface area (Å²) in [5.41, 5.74) is 1.67. The fraction of sp³-hybridized carbons (Fsp3) is 0.133. The van der Waals surface area contributed by atoms with Crippen molar-refractivity contribution in [2.45, 2.75) is 0 Å². The number of fused-ring (bicyclic) bond motifs is 1. The fourth-order valence-corrected chi connectivity index (χ4v) is 2.06. The van der Waals surface area contributed by atoms with Crippen LogP contribution in [0.1, 0.15) is 10.4 Å². The van der Waals surface area contributed by atoms with Crippen molar-refractivity contribution in [1.29, 1.82) is 0 Å². The predicted octanol–water partition coefficient (Wildman–Crippen LogP) is 1.90. The van der Waals surface area contributed by atoms with Crippen LogP contribution in [-0.2, 0) is 4.74 Å². The van der Waals surface area contributed by atoms with Crippen molar-refractivity contribution in [3.63, 3.8) is 0 Å². The minimum Gasteiger partial charge on any atom is -0.504 e. The van der Waals surface area contributed by atoms with Crippen molar-refractivity contribution in [3.8, 4) is 22.9 Å². The smallest absolute Gasteiger partial charge is 0.339 e. The van der Waals surface area contributed by atoms with E-state index in [1.165, 1.54) is 24.8 Å². The van der Waals surface area contributed by atoms with E-state index in [0.29, 0.717) is 28.3 Å². The largest absolute Gasteiger partial charge is 0.504 e. The van der Waals surface area contributed by atoms with E-state index in [0.717, 1.165) is 0 Å². The SMILES string of the molecule is COC(=O)c1ccc2nc(-c3ccc(O)c(OC)c3)nn2c1. The number of methoxy groups -OCH3 is 2. The highest BCUT2D eigenvalue weighted by Crippen LogP contribution is 2.30. The molecule has 0 saturated carbocycles. The van der Waals surface area contributed by atoms with Gasteiger partial charge in [0.15, 0.2) is 23.0 Å². The molecular weight excluding hydrogens is 286 g/mol. The number of pyridine rings is 1. The number of hydrogen-bond donors (Lipinski definition) is 1. The molecule has 0 unspecified atom stereocenters. The number of hydrogen-bond acceptors (Lipinski definition) is 6. The molecule has 0 aliphatic heterocycles. The Labute approximate surface area is 125 Å². The molecule has 112 valence electrons. The second-order valence-electron chi connectivity index (χ2n) is 4.53. The zero-order valence-electron chi connectivity index (χ0n) is 12.0. The van der Waals surface area contributed by atoms with Gasteiger partial charge in [-0.05, 0) is 30.3 Å². The molecular formula is C15H13N3O4. The van der Waals surface area contributed by atoms with Gasteiger partial charge in [-0.1, -0.05) is 0 Å². The number of benzene rings is 1. The van der Waals surface area contributed by atoms with Gasteiger partial charge in [-0.15, -0.1) is 5.10 Å². The molecule has 0 saturated heterocycles. The van der Waals surface area contributed by atoms with Crippen molar-refractivity contribution in [2.24, 2.45) is 0 Å². The first-order valence-corrected chi connectivity index (χ1v) is 6.44. The van der Waals surface area contributed by atoms with Crippen molar-refractivity contribution in [2.75, 3.05) is 14.2 Å². The number of rotatable bonds is 3. The van der Waals surface area contributed by atoms with Gasteiger partial charge in [0.25, 0.3) is 0 Å². The number of aromatic hydroxyl groups is 1. The molecule has 3 rings (SSSR count). The highest BCUT2D eigenvalue weighted by atomic mass is 16.5. The number of ether oxygens (including phenoxy) is 2. The molecule has 7 heteroatoms. The van der Waals surface area contributed by atoms with Crippen LogP contribution in [0.5, 0.6) is 11.5 Å². The first-order valence-electron chi connectivity index (χ1n) is 6.44. The molecule has 1 N–H and O–H groups in total. The van der Waals surface area contributed by atoms with Crippen molar-refractivity contribution in [3.05, 3.63) is 42.1 Å². The molecule has 0 radical (unpaired) electrons. The van der Waals surface area contributed by atoms with Gasteiger partial charge in [0.2, 0.25) is 0 Å². The lowest BCUT2D eigenvalue weighted by atomic mass is 10.2. The Morgan fingerprint density at radius 2 is 2.05 bits per heavy atom. The third kappa shape index (κ3) is 2.32. The van der Waals surface area contributed by atoms with Crippen molar-refractivity contribution < 1.29 is 19.4 Å². The summed E-state index contributed by atoms with van der Waals surface area (Å²) >= 11 is 0. The summed E-state index contributed by atoms with van der Waals surface area (Å²) in [5, 5.41) is 13.9. The molecule has 0 spiro atoms. The average Bonchev–Trinajstić information content (AvgIpc) is 2.97. The van der Waals surface area contributed by atoms with E-state index in [9.17, 15) is 9.90 Å². The molecule has 0 fully saturated rings. The number of carbonyl (C=O) groups excluding carboxylic acids is 1. The number of esters is 1. The van der Waals surface area contributed by atoms with Crippen LogP contribution in [0.3, 0.4) is 0 Å². The van der Waals surface area contributed by atoms with E-state index in [1.54, 1.807) is 30.5 Å². The van der Waals surface area contributed by atoms with Crippen LogP contribution in [0.4, 0.5) is 0 Å². The summed E-state index contributed by atoms with van der Waals surface area (Å²) in [7, 11) is 2.79. The predicted molar refractivity (Wildman–Crippen MR) is 78.0 cm³/mol. The minimum absolute atomic E-state index is 0.0444. The lowest BCUT2D eigenvalue weighted by Gasteiger charge is -2.03. The van der Waals surface area contributed by atoms with Gasteiger partial charge in [-0.2, -0.15) is 0 Å². The van der Waals surface area contributed by atoms with E-state index < -0.39 is 5.97 Å². The molecule has 0 amide bonds. The lowest BCUT2D eigenvalue weighted by molar-refractivity contribution is 0.0600. The lowest BCUT2D eigenvalue weighted by Crippen LogP contribution is -2.03. The van der Waals surface area contributed by atoms with Crippen LogP contribution >= 0.6 is 0 Å². The van der Waals surface area contributed by atoms with Gasteiger partial charge in [-0.25, -0.2) is 14.3 Å². The van der Waals surface area contributed by atoms with Gasteiger partial charge < -0.3 is 14.6 Å². The summed E-state index contributed by atoms with van der Waals surface area (Å²) < 4.78 is 11.2. The van der Waals surface area contributed by atoms with Gasteiger partial charge >= 0.3 is 5.97 Å². The second kappa shape index (κ2) is 5.36. The third-order valence-corrected chi connectivity index (χ3v) is 3.19. The Hall–Kier alpha value is -3.09. The number of phenols is 1. The molecule has 0 atom stereocenters. The van der Waals surface area contributed by atoms with E-state index in [2.05, 4.69) is 14.8 Å². The minimum atomic E-state index is -0.440. The van der Waals surface area contributed by atoms with E-state index >= 15 is 0 Å². The first-order chi connectivity index (χ1) is 10.6. The van der Waals surface area contributed by atoms with E-state index in [1.807, 2.05) is 0 Å². The normalized spacial score (nSPS) is 10.6. The molecule has 0 bridgehead atoms. The number of nitrogens with zero attached hydrogens (tertiary/aromatic N) is 3. The summed E-state index contributed by atoms with van der Waals surface area (Å²) in [6, 6.07) is 8.15. The Morgan fingerprint density at radius 1 is 1.23 bits per heavy atom. The molecule has 22 heavy (non-hydrogen) atoms. The molecule has 7 nitrogen and oxygen atoms in total. The zero-order chi connectivity index (χ0) is 15.7. The van der Waals surface area contributed by atoms with Crippen LogP contribution in [-0.4, -0.2) is 39.9 Å². The molecule has 1 aromatic carbocycles. The Balaban J connectivity index is 2.06. The number of aromatic nitrogens is 3. The highest BCUT2D eigenvalue weighted by Gasteiger charge is 2.12. The first kappa shape index (κ1) is 13.9. The topological polar surface area (TPSA) is 86.0 Å².